The number of ether oxygens (including phenoxy) is 1. The van der Waals surface area contributed by atoms with Gasteiger partial charge in [0.05, 0.1) is 12.0 Å². The molecule has 4 nitrogen and oxygen atoms in total. The van der Waals surface area contributed by atoms with Crippen molar-refractivity contribution in [2.75, 3.05) is 5.32 Å². The molecule has 0 heterocycles. The number of carbonyl (C=O) groups excluding carboxylic acids is 1. The number of nitrogens with one attached hydrogen (secondary N) is 1. The van der Waals surface area contributed by atoms with Crippen molar-refractivity contribution in [3.8, 4) is 5.75 Å². The van der Waals surface area contributed by atoms with Gasteiger partial charge in [0, 0.05) is 11.7 Å². The van der Waals surface area contributed by atoms with Gasteiger partial charge in [-0.15, -0.1) is 12.4 Å². The van der Waals surface area contributed by atoms with Gasteiger partial charge < -0.3 is 15.8 Å². The third-order valence-corrected chi connectivity index (χ3v) is 3.94. The maximum Gasteiger partial charge on any atom is 0.229 e. The van der Waals surface area contributed by atoms with Gasteiger partial charge in [-0.25, -0.2) is 0 Å². The normalized spacial score (nSPS) is 12.9. The lowest BCUT2D eigenvalue weighted by Gasteiger charge is -2.20. The van der Waals surface area contributed by atoms with Crippen molar-refractivity contribution >= 4 is 24.0 Å². The van der Waals surface area contributed by atoms with Crippen molar-refractivity contribution in [3.05, 3.63) is 59.7 Å². The highest BCUT2D eigenvalue weighted by molar-refractivity contribution is 5.93. The Morgan fingerprint density at radius 1 is 1.08 bits per heavy atom. The summed E-state index contributed by atoms with van der Waals surface area (Å²) in [5, 5.41) is 2.94. The van der Waals surface area contributed by atoms with Crippen LogP contribution in [0.5, 0.6) is 5.75 Å². The smallest absolute Gasteiger partial charge is 0.229 e. The van der Waals surface area contributed by atoms with Gasteiger partial charge in [0.25, 0.3) is 0 Å². The fourth-order valence-corrected chi connectivity index (χ4v) is 2.50. The van der Waals surface area contributed by atoms with E-state index in [0.29, 0.717) is 0 Å². The summed E-state index contributed by atoms with van der Waals surface area (Å²) < 4.78 is 5.72. The molecule has 2 atom stereocenters. The van der Waals surface area contributed by atoms with E-state index in [0.717, 1.165) is 22.6 Å². The highest BCUT2D eigenvalue weighted by Crippen LogP contribution is 2.25. The number of benzene rings is 2. The van der Waals surface area contributed by atoms with E-state index in [9.17, 15) is 4.79 Å². The minimum Gasteiger partial charge on any atom is -0.491 e. The van der Waals surface area contributed by atoms with Crippen molar-refractivity contribution < 1.29 is 9.53 Å². The Bertz CT molecular complexity index is 689. The molecule has 5 heteroatoms. The van der Waals surface area contributed by atoms with Gasteiger partial charge >= 0.3 is 0 Å². The summed E-state index contributed by atoms with van der Waals surface area (Å²) in [6, 6.07) is 15.0. The van der Waals surface area contributed by atoms with Crippen molar-refractivity contribution in [1.29, 1.82) is 0 Å². The summed E-state index contributed by atoms with van der Waals surface area (Å²) in [4.78, 5) is 12.5. The second-order valence-electron chi connectivity index (χ2n) is 6.36. The molecule has 25 heavy (non-hydrogen) atoms. The maximum absolute atomic E-state index is 12.5. The molecule has 0 aliphatic rings. The second kappa shape index (κ2) is 9.44. The Morgan fingerprint density at radius 2 is 1.72 bits per heavy atom. The molecule has 0 bridgehead atoms. The van der Waals surface area contributed by atoms with E-state index in [1.54, 1.807) is 0 Å². The van der Waals surface area contributed by atoms with Crippen LogP contribution in [0.15, 0.2) is 48.5 Å². The van der Waals surface area contributed by atoms with Crippen LogP contribution in [-0.4, -0.2) is 12.0 Å². The van der Waals surface area contributed by atoms with Gasteiger partial charge in [-0.1, -0.05) is 37.3 Å². The number of rotatable bonds is 6. The zero-order chi connectivity index (χ0) is 17.7. The standard InChI is InChI=1S/C20H26N2O2.ClH/c1-13(2)24-18-11-10-17(12-14(18)3)22-20(23)15(4)19(21)16-8-6-5-7-9-16;/h5-13,15,19H,21H2,1-4H3,(H,22,23);1H. The molecular formula is C20H27ClN2O2. The lowest BCUT2D eigenvalue weighted by atomic mass is 9.94. The van der Waals surface area contributed by atoms with Crippen LogP contribution in [0.3, 0.4) is 0 Å². The molecule has 0 radical (unpaired) electrons. The molecule has 0 fully saturated rings. The van der Waals surface area contributed by atoms with E-state index in [4.69, 9.17) is 10.5 Å². The molecule has 136 valence electrons. The highest BCUT2D eigenvalue weighted by Gasteiger charge is 2.22. The molecule has 2 aromatic rings. The van der Waals surface area contributed by atoms with Gasteiger partial charge in [-0.05, 0) is 50.1 Å². The van der Waals surface area contributed by atoms with Gasteiger partial charge in [-0.2, -0.15) is 0 Å². The van der Waals surface area contributed by atoms with E-state index >= 15 is 0 Å². The van der Waals surface area contributed by atoms with Crippen LogP contribution in [-0.2, 0) is 4.79 Å². The Hall–Kier alpha value is -2.04. The Balaban J connectivity index is 0.00000312. The molecule has 2 rings (SSSR count). The molecule has 0 aliphatic heterocycles. The topological polar surface area (TPSA) is 64.4 Å². The molecule has 0 spiro atoms. The molecule has 3 N–H and O–H groups in total. The maximum atomic E-state index is 12.5. The Kier molecular flexibility index (Phi) is 7.94. The number of nitrogens with two attached hydrogens (primary N) is 1. The summed E-state index contributed by atoms with van der Waals surface area (Å²) in [6.45, 7) is 7.78. The van der Waals surface area contributed by atoms with Gasteiger partial charge in [0.1, 0.15) is 5.75 Å². The molecule has 0 saturated carbocycles. The zero-order valence-corrected chi connectivity index (χ0v) is 16.0. The quantitative estimate of drug-likeness (QED) is 0.796. The summed E-state index contributed by atoms with van der Waals surface area (Å²) in [7, 11) is 0. The van der Waals surface area contributed by atoms with E-state index in [1.807, 2.05) is 76.2 Å². The molecule has 0 saturated heterocycles. The lowest BCUT2D eigenvalue weighted by molar-refractivity contribution is -0.120. The average Bonchev–Trinajstić information content (AvgIpc) is 2.56. The number of hydrogen-bond donors (Lipinski definition) is 2. The van der Waals surface area contributed by atoms with Crippen LogP contribution < -0.4 is 15.8 Å². The second-order valence-corrected chi connectivity index (χ2v) is 6.36. The molecular weight excluding hydrogens is 336 g/mol. The first-order chi connectivity index (χ1) is 11.4. The summed E-state index contributed by atoms with van der Waals surface area (Å²) in [5.41, 5.74) is 8.91. The van der Waals surface area contributed by atoms with Crippen LogP contribution >= 0.6 is 12.4 Å². The molecule has 0 aliphatic carbocycles. The predicted molar refractivity (Wildman–Crippen MR) is 105 cm³/mol. The van der Waals surface area contributed by atoms with Gasteiger partial charge in [0.15, 0.2) is 0 Å². The van der Waals surface area contributed by atoms with Crippen molar-refractivity contribution in [3.63, 3.8) is 0 Å². The van der Waals surface area contributed by atoms with Crippen LogP contribution in [0.4, 0.5) is 5.69 Å². The first kappa shape index (κ1) is 21.0. The first-order valence-electron chi connectivity index (χ1n) is 8.27. The van der Waals surface area contributed by atoms with E-state index in [2.05, 4.69) is 5.32 Å². The molecule has 2 unspecified atom stereocenters. The zero-order valence-electron chi connectivity index (χ0n) is 15.2. The summed E-state index contributed by atoms with van der Waals surface area (Å²) in [5.74, 6) is 0.402. The predicted octanol–water partition coefficient (Wildman–Crippen LogP) is 4.48. The number of halogens is 1. The number of carbonyl (C=O) groups is 1. The molecule has 2 aromatic carbocycles. The van der Waals surface area contributed by atoms with Crippen LogP contribution in [0, 0.1) is 12.8 Å². The SMILES string of the molecule is Cc1cc(NC(=O)C(C)C(N)c2ccccc2)ccc1OC(C)C.Cl. The number of hydrogen-bond acceptors (Lipinski definition) is 3. The van der Waals surface area contributed by atoms with Crippen LogP contribution in [0.2, 0.25) is 0 Å². The summed E-state index contributed by atoms with van der Waals surface area (Å²) in [6.07, 6.45) is 0.119. The van der Waals surface area contributed by atoms with Crippen LogP contribution in [0.25, 0.3) is 0 Å². The van der Waals surface area contributed by atoms with Crippen LogP contribution in [0.1, 0.15) is 37.9 Å². The number of anilines is 1. The minimum absolute atomic E-state index is 0. The number of amides is 1. The van der Waals surface area contributed by atoms with Crippen molar-refractivity contribution in [2.45, 2.75) is 39.8 Å². The largest absolute Gasteiger partial charge is 0.491 e. The molecule has 0 aromatic heterocycles. The van der Waals surface area contributed by atoms with Gasteiger partial charge in [-0.3, -0.25) is 4.79 Å². The Labute approximate surface area is 156 Å². The van der Waals surface area contributed by atoms with Crippen molar-refractivity contribution in [2.24, 2.45) is 11.7 Å². The summed E-state index contributed by atoms with van der Waals surface area (Å²) >= 11 is 0. The van der Waals surface area contributed by atoms with Crippen molar-refractivity contribution in [1.82, 2.24) is 0 Å². The van der Waals surface area contributed by atoms with E-state index < -0.39 is 0 Å². The fraction of sp³-hybridized carbons (Fsp3) is 0.350. The average molecular weight is 363 g/mol. The lowest BCUT2D eigenvalue weighted by Crippen LogP contribution is -2.30. The third-order valence-electron chi connectivity index (χ3n) is 3.94. The van der Waals surface area contributed by atoms with E-state index in [1.165, 1.54) is 0 Å². The monoisotopic (exact) mass is 362 g/mol. The Morgan fingerprint density at radius 3 is 2.28 bits per heavy atom. The van der Waals surface area contributed by atoms with E-state index in [-0.39, 0.29) is 36.4 Å². The minimum atomic E-state index is -0.337. The number of aryl methyl sites for hydroxylation is 1. The van der Waals surface area contributed by atoms with Gasteiger partial charge in [0.2, 0.25) is 5.91 Å². The highest BCUT2D eigenvalue weighted by atomic mass is 35.5. The third kappa shape index (κ3) is 5.76. The first-order valence-corrected chi connectivity index (χ1v) is 8.27. The molecule has 1 amide bonds. The fourth-order valence-electron chi connectivity index (χ4n) is 2.50.